The Bertz CT molecular complexity index is 1300. The molecular formula is C28H33F4N5O2S. The highest BCUT2D eigenvalue weighted by Gasteiger charge is 2.48. The van der Waals surface area contributed by atoms with Gasteiger partial charge in [-0.05, 0) is 87.5 Å². The van der Waals surface area contributed by atoms with Crippen molar-refractivity contribution < 1.29 is 27.0 Å². The van der Waals surface area contributed by atoms with Gasteiger partial charge in [-0.15, -0.1) is 16.9 Å². The highest BCUT2D eigenvalue weighted by Crippen LogP contribution is 2.43. The van der Waals surface area contributed by atoms with E-state index < -0.39 is 29.7 Å². The summed E-state index contributed by atoms with van der Waals surface area (Å²) in [5.41, 5.74) is 0.158. The average molecular weight is 580 g/mol. The van der Waals surface area contributed by atoms with E-state index in [1.165, 1.54) is 23.9 Å². The Kier molecular flexibility index (Phi) is 8.42. The SMILES string of the molecule is CSc1cc([C@@H](C)O[C@H]2OCCN(c3n[nH]nc3CN3CCCC3)[C@@]2(C)c2ccc(F)cc2)cc(C(F)(F)F)c1. The number of morpholine rings is 1. The molecule has 40 heavy (non-hydrogen) atoms. The van der Waals surface area contributed by atoms with E-state index in [2.05, 4.69) is 25.2 Å². The van der Waals surface area contributed by atoms with E-state index >= 15 is 0 Å². The van der Waals surface area contributed by atoms with E-state index in [9.17, 15) is 17.6 Å². The summed E-state index contributed by atoms with van der Waals surface area (Å²) in [5.74, 6) is 0.262. The van der Waals surface area contributed by atoms with Crippen LogP contribution >= 0.6 is 11.8 Å². The molecule has 216 valence electrons. The predicted molar refractivity (Wildman–Crippen MR) is 144 cm³/mol. The van der Waals surface area contributed by atoms with E-state index in [0.29, 0.717) is 36.0 Å². The van der Waals surface area contributed by atoms with Gasteiger partial charge >= 0.3 is 6.18 Å². The zero-order valence-electron chi connectivity index (χ0n) is 22.7. The lowest BCUT2D eigenvalue weighted by Gasteiger charge is -2.50. The number of nitrogens with one attached hydrogen (secondary N) is 1. The first-order valence-corrected chi connectivity index (χ1v) is 14.5. The summed E-state index contributed by atoms with van der Waals surface area (Å²) >= 11 is 1.23. The number of thioether (sulfide) groups is 1. The Balaban J connectivity index is 1.51. The number of ether oxygens (including phenoxy) is 2. The maximum absolute atomic E-state index is 14.0. The number of hydrogen-bond donors (Lipinski definition) is 1. The monoisotopic (exact) mass is 579 g/mol. The number of aromatic nitrogens is 3. The minimum atomic E-state index is -4.49. The number of likely N-dealkylation sites (tertiary alicyclic amines) is 1. The normalized spacial score (nSPS) is 23.1. The van der Waals surface area contributed by atoms with E-state index in [1.807, 2.05) is 6.92 Å². The van der Waals surface area contributed by atoms with Crippen LogP contribution in [0.3, 0.4) is 0 Å². The van der Waals surface area contributed by atoms with Crippen LogP contribution in [-0.4, -0.2) is 59.1 Å². The fraction of sp³-hybridized carbons (Fsp3) is 0.500. The van der Waals surface area contributed by atoms with Crippen molar-refractivity contribution in [1.82, 2.24) is 20.3 Å². The van der Waals surface area contributed by atoms with Crippen LogP contribution < -0.4 is 4.90 Å². The fourth-order valence-electron chi connectivity index (χ4n) is 5.47. The van der Waals surface area contributed by atoms with Crippen LogP contribution in [0.4, 0.5) is 23.4 Å². The molecule has 5 rings (SSSR count). The first kappa shape index (κ1) is 28.8. The largest absolute Gasteiger partial charge is 0.416 e. The minimum Gasteiger partial charge on any atom is -0.348 e. The Morgan fingerprint density at radius 2 is 1.85 bits per heavy atom. The number of benzene rings is 2. The molecule has 1 aromatic heterocycles. The number of rotatable bonds is 8. The molecule has 2 aliphatic rings. The lowest BCUT2D eigenvalue weighted by atomic mass is 9.87. The number of nitrogens with zero attached hydrogens (tertiary/aromatic N) is 4. The standard InChI is InChI=1S/C28H33F4N5O2S/c1-18(19-14-21(28(30,31)32)16-23(15-19)40-3)39-26-27(2,20-6-8-22(29)9-7-20)37(12-13-38-26)25-24(33-35-34-25)17-36-10-4-5-11-36/h6-9,14-16,18,26H,4-5,10-13,17H2,1-3H3,(H,33,34,35)/t18-,26-,27+/m1/s1. The van der Waals surface area contributed by atoms with Crippen LogP contribution in [-0.2, 0) is 27.7 Å². The molecule has 0 radical (unpaired) electrons. The molecule has 7 nitrogen and oxygen atoms in total. The van der Waals surface area contributed by atoms with E-state index in [1.54, 1.807) is 31.4 Å². The Morgan fingerprint density at radius 1 is 1.12 bits per heavy atom. The first-order chi connectivity index (χ1) is 19.1. The third-order valence-electron chi connectivity index (χ3n) is 7.75. The van der Waals surface area contributed by atoms with Crippen molar-refractivity contribution >= 4 is 17.6 Å². The van der Waals surface area contributed by atoms with Gasteiger partial charge in [-0.1, -0.05) is 12.1 Å². The first-order valence-electron chi connectivity index (χ1n) is 13.3. The zero-order chi connectivity index (χ0) is 28.5. The smallest absolute Gasteiger partial charge is 0.348 e. The Morgan fingerprint density at radius 3 is 2.52 bits per heavy atom. The van der Waals surface area contributed by atoms with Crippen LogP contribution in [0.15, 0.2) is 47.4 Å². The molecule has 0 saturated carbocycles. The van der Waals surface area contributed by atoms with Gasteiger partial charge in [0.2, 0.25) is 0 Å². The fourth-order valence-corrected chi connectivity index (χ4v) is 5.97. The van der Waals surface area contributed by atoms with Crippen LogP contribution in [0.5, 0.6) is 0 Å². The molecule has 3 aromatic rings. The van der Waals surface area contributed by atoms with Gasteiger partial charge in [0, 0.05) is 18.0 Å². The topological polar surface area (TPSA) is 66.5 Å². The molecule has 0 unspecified atom stereocenters. The summed E-state index contributed by atoms with van der Waals surface area (Å²) in [6.07, 6.45) is -2.13. The molecule has 2 aliphatic heterocycles. The Labute approximate surface area is 235 Å². The molecule has 3 atom stereocenters. The third-order valence-corrected chi connectivity index (χ3v) is 8.46. The summed E-state index contributed by atoms with van der Waals surface area (Å²) in [4.78, 5) is 4.86. The molecule has 12 heteroatoms. The van der Waals surface area contributed by atoms with Gasteiger partial charge in [-0.3, -0.25) is 4.90 Å². The van der Waals surface area contributed by atoms with Crippen molar-refractivity contribution in [3.8, 4) is 0 Å². The summed E-state index contributed by atoms with van der Waals surface area (Å²) in [6, 6.07) is 10.1. The molecule has 2 aromatic carbocycles. The quantitative estimate of drug-likeness (QED) is 0.254. The lowest BCUT2D eigenvalue weighted by molar-refractivity contribution is -0.216. The van der Waals surface area contributed by atoms with E-state index in [-0.39, 0.29) is 5.82 Å². The molecule has 0 bridgehead atoms. The number of hydrogen-bond acceptors (Lipinski definition) is 7. The van der Waals surface area contributed by atoms with E-state index in [0.717, 1.165) is 49.3 Å². The summed E-state index contributed by atoms with van der Waals surface area (Å²) < 4.78 is 67.5. The molecule has 1 N–H and O–H groups in total. The van der Waals surface area contributed by atoms with Gasteiger partial charge in [-0.25, -0.2) is 4.39 Å². The van der Waals surface area contributed by atoms with E-state index in [4.69, 9.17) is 9.47 Å². The van der Waals surface area contributed by atoms with Crippen LogP contribution in [0.2, 0.25) is 0 Å². The molecular weight excluding hydrogens is 546 g/mol. The Hall–Kier alpha value is -2.67. The maximum Gasteiger partial charge on any atom is 0.416 e. The number of H-pyrrole nitrogens is 1. The number of alkyl halides is 3. The highest BCUT2D eigenvalue weighted by atomic mass is 32.2. The number of aromatic amines is 1. The van der Waals surface area contributed by atoms with Gasteiger partial charge in [0.05, 0.1) is 18.3 Å². The minimum absolute atomic E-state index is 0.294. The van der Waals surface area contributed by atoms with Gasteiger partial charge in [0.15, 0.2) is 12.1 Å². The summed E-state index contributed by atoms with van der Waals surface area (Å²) in [5, 5.41) is 11.7. The van der Waals surface area contributed by atoms with Gasteiger partial charge in [0.1, 0.15) is 17.1 Å². The molecule has 0 spiro atoms. The van der Waals surface area contributed by atoms with Crippen molar-refractivity contribution in [3.63, 3.8) is 0 Å². The van der Waals surface area contributed by atoms with Crippen LogP contribution in [0, 0.1) is 5.82 Å². The number of halogens is 4. The highest BCUT2D eigenvalue weighted by molar-refractivity contribution is 7.98. The average Bonchev–Trinajstić information content (AvgIpc) is 3.62. The summed E-state index contributed by atoms with van der Waals surface area (Å²) in [6.45, 7) is 7.00. The van der Waals surface area contributed by atoms with Crippen LogP contribution in [0.1, 0.15) is 55.2 Å². The van der Waals surface area contributed by atoms with Crippen molar-refractivity contribution in [3.05, 3.63) is 70.7 Å². The second kappa shape index (κ2) is 11.7. The third kappa shape index (κ3) is 5.86. The van der Waals surface area contributed by atoms with Crippen LogP contribution in [0.25, 0.3) is 0 Å². The van der Waals surface area contributed by atoms with Crippen molar-refractivity contribution in [1.29, 1.82) is 0 Å². The van der Waals surface area contributed by atoms with Crippen molar-refractivity contribution in [2.75, 3.05) is 37.4 Å². The van der Waals surface area contributed by atoms with Crippen molar-refractivity contribution in [2.45, 2.75) is 62.2 Å². The number of anilines is 1. The maximum atomic E-state index is 14.0. The molecule has 0 aliphatic carbocycles. The second-order valence-corrected chi connectivity index (χ2v) is 11.2. The molecule has 2 fully saturated rings. The molecule has 0 amide bonds. The molecule has 2 saturated heterocycles. The predicted octanol–water partition coefficient (Wildman–Crippen LogP) is 6.14. The van der Waals surface area contributed by atoms with Gasteiger partial charge < -0.3 is 14.4 Å². The van der Waals surface area contributed by atoms with Crippen molar-refractivity contribution in [2.24, 2.45) is 0 Å². The lowest BCUT2D eigenvalue weighted by Crippen LogP contribution is -2.60. The van der Waals surface area contributed by atoms with Gasteiger partial charge in [0.25, 0.3) is 0 Å². The second-order valence-electron chi connectivity index (χ2n) is 10.4. The summed E-state index contributed by atoms with van der Waals surface area (Å²) in [7, 11) is 0. The molecule has 3 heterocycles. The van der Waals surface area contributed by atoms with Gasteiger partial charge in [-0.2, -0.15) is 23.5 Å². The zero-order valence-corrected chi connectivity index (χ0v) is 23.5.